The fourth-order valence-electron chi connectivity index (χ4n) is 1.56. The fraction of sp³-hybridized carbons (Fsp3) is 0.143. The number of hydrogen-bond acceptors (Lipinski definition) is 4. The lowest BCUT2D eigenvalue weighted by molar-refractivity contribution is 0.418. The summed E-state index contributed by atoms with van der Waals surface area (Å²) in [6, 6.07) is 8.20. The van der Waals surface area contributed by atoms with E-state index < -0.39 is 0 Å². The minimum absolute atomic E-state index is 0.221. The molecular weight excluding hydrogens is 245 g/mol. The second kappa shape index (κ2) is 5.95. The molecule has 0 aliphatic rings. The van der Waals surface area contributed by atoms with Crippen LogP contribution in [0.5, 0.6) is 0 Å². The van der Waals surface area contributed by atoms with Gasteiger partial charge in [0.25, 0.3) is 0 Å². The van der Waals surface area contributed by atoms with Crippen LogP contribution in [0.1, 0.15) is 18.2 Å². The third-order valence-electron chi connectivity index (χ3n) is 2.44. The Morgan fingerprint density at radius 1 is 1.42 bits per heavy atom. The molecule has 0 unspecified atom stereocenters. The lowest BCUT2D eigenvalue weighted by Crippen LogP contribution is -2.03. The summed E-state index contributed by atoms with van der Waals surface area (Å²) in [6.45, 7) is 1.97. The largest absolute Gasteiger partial charge is 0.402 e. The number of nitrogens with two attached hydrogens (primary N) is 1. The molecule has 0 bridgehead atoms. The predicted octanol–water partition coefficient (Wildman–Crippen LogP) is 2.67. The third-order valence-corrected chi connectivity index (χ3v) is 2.44. The summed E-state index contributed by atoms with van der Waals surface area (Å²) >= 11 is 0. The van der Waals surface area contributed by atoms with Crippen LogP contribution >= 0.6 is 0 Å². The number of allylic oxidation sites excluding steroid dienone is 2. The molecule has 0 aliphatic carbocycles. The van der Waals surface area contributed by atoms with Crippen molar-refractivity contribution >= 4 is 5.71 Å². The molecule has 2 aromatic rings. The fourth-order valence-corrected chi connectivity index (χ4v) is 1.56. The van der Waals surface area contributed by atoms with Crippen LogP contribution in [-0.2, 0) is 6.54 Å². The van der Waals surface area contributed by atoms with Crippen molar-refractivity contribution < 1.29 is 8.91 Å². The molecular formula is C14H14FN3O. The van der Waals surface area contributed by atoms with Crippen LogP contribution in [-0.4, -0.2) is 10.9 Å². The minimum Gasteiger partial charge on any atom is -0.402 e. The molecule has 1 aromatic carbocycles. The molecule has 2 rings (SSSR count). The maximum Gasteiger partial charge on any atom is 0.131 e. The summed E-state index contributed by atoms with van der Waals surface area (Å²) in [4.78, 5) is 4.34. The van der Waals surface area contributed by atoms with Crippen LogP contribution in [0.15, 0.2) is 57.9 Å². The zero-order chi connectivity index (χ0) is 13.7. The monoisotopic (exact) mass is 259 g/mol. The smallest absolute Gasteiger partial charge is 0.131 e. The van der Waals surface area contributed by atoms with Gasteiger partial charge in [-0.3, -0.25) is 4.99 Å². The number of nitrogens with zero attached hydrogens (tertiary/aromatic N) is 2. The Labute approximate surface area is 110 Å². The molecule has 0 spiro atoms. The molecule has 0 aliphatic heterocycles. The number of aliphatic imine (C=N–C) groups is 1. The molecule has 0 saturated heterocycles. The second-order valence-electron chi connectivity index (χ2n) is 4.07. The topological polar surface area (TPSA) is 64.4 Å². The van der Waals surface area contributed by atoms with E-state index in [0.29, 0.717) is 22.7 Å². The van der Waals surface area contributed by atoms with Crippen LogP contribution in [0, 0.1) is 5.82 Å². The summed E-state index contributed by atoms with van der Waals surface area (Å²) in [5.74, 6) is -0.279. The van der Waals surface area contributed by atoms with Gasteiger partial charge >= 0.3 is 0 Å². The summed E-state index contributed by atoms with van der Waals surface area (Å²) in [5.41, 5.74) is 7.90. The highest BCUT2D eigenvalue weighted by Gasteiger charge is 2.05. The number of aromatic nitrogens is 1. The first kappa shape index (κ1) is 13.0. The molecule has 0 amide bonds. The van der Waals surface area contributed by atoms with Crippen molar-refractivity contribution in [1.29, 1.82) is 0 Å². The van der Waals surface area contributed by atoms with Crippen molar-refractivity contribution in [2.24, 2.45) is 10.7 Å². The standard InChI is InChI=1S/C14H14FN3O/c1-10(16)8-14(13-6-7-19-18-13)17-9-11-4-2-3-5-12(11)15/h2-8H,9,16H2,1H3. The van der Waals surface area contributed by atoms with E-state index in [1.54, 1.807) is 37.3 Å². The first-order chi connectivity index (χ1) is 9.16. The molecule has 0 atom stereocenters. The van der Waals surface area contributed by atoms with E-state index in [1.807, 2.05) is 0 Å². The molecule has 4 nitrogen and oxygen atoms in total. The van der Waals surface area contributed by atoms with Crippen molar-refractivity contribution in [3.8, 4) is 0 Å². The van der Waals surface area contributed by atoms with E-state index in [1.165, 1.54) is 12.3 Å². The average molecular weight is 259 g/mol. The van der Waals surface area contributed by atoms with Gasteiger partial charge in [-0.05, 0) is 19.1 Å². The summed E-state index contributed by atoms with van der Waals surface area (Å²) in [6.07, 6.45) is 3.13. The number of halogens is 1. The normalized spacial score (nSPS) is 12.7. The SMILES string of the molecule is CC(N)=CC(=NCc1ccccc1F)c1ccon1. The van der Waals surface area contributed by atoms with Crippen LogP contribution in [0.4, 0.5) is 4.39 Å². The average Bonchev–Trinajstić information content (AvgIpc) is 2.89. The van der Waals surface area contributed by atoms with Crippen molar-refractivity contribution in [1.82, 2.24) is 5.16 Å². The Balaban J connectivity index is 2.27. The third kappa shape index (κ3) is 3.51. The van der Waals surface area contributed by atoms with Crippen molar-refractivity contribution in [2.75, 3.05) is 0 Å². The summed E-state index contributed by atoms with van der Waals surface area (Å²) < 4.78 is 18.3. The number of rotatable bonds is 4. The Hall–Kier alpha value is -2.43. The van der Waals surface area contributed by atoms with E-state index in [9.17, 15) is 4.39 Å². The lowest BCUT2D eigenvalue weighted by Gasteiger charge is -2.01. The zero-order valence-corrected chi connectivity index (χ0v) is 10.5. The first-order valence-electron chi connectivity index (χ1n) is 5.79. The zero-order valence-electron chi connectivity index (χ0n) is 10.5. The van der Waals surface area contributed by atoms with Crippen LogP contribution < -0.4 is 5.73 Å². The van der Waals surface area contributed by atoms with Gasteiger partial charge < -0.3 is 10.3 Å². The lowest BCUT2D eigenvalue weighted by atomic mass is 10.2. The summed E-state index contributed by atoms with van der Waals surface area (Å²) in [5, 5.41) is 3.80. The van der Waals surface area contributed by atoms with E-state index in [4.69, 9.17) is 10.3 Å². The van der Waals surface area contributed by atoms with Gasteiger partial charge in [0, 0.05) is 17.3 Å². The molecule has 98 valence electrons. The Bertz CT molecular complexity index is 599. The van der Waals surface area contributed by atoms with Crippen LogP contribution in [0.3, 0.4) is 0 Å². The van der Waals surface area contributed by atoms with Crippen LogP contribution in [0.25, 0.3) is 0 Å². The van der Waals surface area contributed by atoms with Crippen molar-refractivity contribution in [3.63, 3.8) is 0 Å². The quantitative estimate of drug-likeness (QED) is 0.858. The van der Waals surface area contributed by atoms with Gasteiger partial charge in [0.2, 0.25) is 0 Å². The highest BCUT2D eigenvalue weighted by atomic mass is 19.1. The maximum atomic E-state index is 13.5. The van der Waals surface area contributed by atoms with Gasteiger partial charge in [-0.2, -0.15) is 0 Å². The first-order valence-corrected chi connectivity index (χ1v) is 5.79. The highest BCUT2D eigenvalue weighted by molar-refractivity contribution is 6.07. The van der Waals surface area contributed by atoms with E-state index in [2.05, 4.69) is 10.1 Å². The Morgan fingerprint density at radius 2 is 2.21 bits per heavy atom. The molecule has 0 fully saturated rings. The Morgan fingerprint density at radius 3 is 2.84 bits per heavy atom. The van der Waals surface area contributed by atoms with Gasteiger partial charge in [-0.15, -0.1) is 0 Å². The van der Waals surface area contributed by atoms with E-state index >= 15 is 0 Å². The highest BCUT2D eigenvalue weighted by Crippen LogP contribution is 2.09. The van der Waals surface area contributed by atoms with Crippen molar-refractivity contribution in [2.45, 2.75) is 13.5 Å². The molecule has 0 saturated carbocycles. The van der Waals surface area contributed by atoms with E-state index in [0.717, 1.165) is 0 Å². The Kier molecular flexibility index (Phi) is 4.07. The van der Waals surface area contributed by atoms with Gasteiger partial charge in [-0.1, -0.05) is 23.4 Å². The number of benzene rings is 1. The van der Waals surface area contributed by atoms with Gasteiger partial charge in [-0.25, -0.2) is 4.39 Å². The van der Waals surface area contributed by atoms with Crippen molar-refractivity contribution in [3.05, 3.63) is 65.4 Å². The van der Waals surface area contributed by atoms with Gasteiger partial charge in [0.05, 0.1) is 12.3 Å². The number of hydrogen-bond donors (Lipinski definition) is 1. The molecule has 19 heavy (non-hydrogen) atoms. The molecule has 5 heteroatoms. The molecule has 1 aromatic heterocycles. The predicted molar refractivity (Wildman–Crippen MR) is 71.1 cm³/mol. The van der Waals surface area contributed by atoms with Gasteiger partial charge in [0.15, 0.2) is 0 Å². The molecule has 2 N–H and O–H groups in total. The van der Waals surface area contributed by atoms with E-state index in [-0.39, 0.29) is 12.4 Å². The minimum atomic E-state index is -0.279. The van der Waals surface area contributed by atoms with Crippen LogP contribution in [0.2, 0.25) is 0 Å². The van der Waals surface area contributed by atoms with Gasteiger partial charge in [0.1, 0.15) is 17.8 Å². The second-order valence-corrected chi connectivity index (χ2v) is 4.07. The molecule has 0 radical (unpaired) electrons. The molecule has 1 heterocycles. The summed E-state index contributed by atoms with van der Waals surface area (Å²) in [7, 11) is 0. The maximum absolute atomic E-state index is 13.5.